The third-order valence-electron chi connectivity index (χ3n) is 4.06. The average Bonchev–Trinajstić information content (AvgIpc) is 2.62. The molecule has 1 aliphatic rings. The molecule has 130 valence electrons. The third kappa shape index (κ3) is 5.08. The predicted molar refractivity (Wildman–Crippen MR) is 89.1 cm³/mol. The molecule has 6 nitrogen and oxygen atoms in total. The van der Waals surface area contributed by atoms with Crippen LogP contribution in [-0.4, -0.2) is 48.9 Å². The second-order valence-electron chi connectivity index (χ2n) is 5.83. The zero-order valence-electron chi connectivity index (χ0n) is 14.0. The van der Waals surface area contributed by atoms with E-state index in [9.17, 15) is 14.4 Å². The number of piperidine rings is 1. The summed E-state index contributed by atoms with van der Waals surface area (Å²) >= 11 is 0. The molecule has 0 radical (unpaired) electrons. The number of carbonyl (C=O) groups is 3. The van der Waals surface area contributed by atoms with Gasteiger partial charge < -0.3 is 15.0 Å². The van der Waals surface area contributed by atoms with E-state index in [0.717, 1.165) is 5.56 Å². The Labute approximate surface area is 142 Å². The summed E-state index contributed by atoms with van der Waals surface area (Å²) in [6.07, 6.45) is 2.07. The Morgan fingerprint density at radius 3 is 2.71 bits per heavy atom. The number of hydrogen-bond acceptors (Lipinski definition) is 4. The maximum atomic E-state index is 12.2. The Bertz CT molecular complexity index is 574. The van der Waals surface area contributed by atoms with Crippen molar-refractivity contribution in [2.45, 2.75) is 26.2 Å². The number of rotatable bonds is 5. The normalized spacial score (nSPS) is 17.2. The minimum atomic E-state index is -0.615. The van der Waals surface area contributed by atoms with Gasteiger partial charge in [-0.15, -0.1) is 0 Å². The van der Waals surface area contributed by atoms with Gasteiger partial charge in [0.25, 0.3) is 0 Å². The number of ether oxygens (including phenoxy) is 1. The molecule has 0 spiro atoms. The molecule has 24 heavy (non-hydrogen) atoms. The Balaban J connectivity index is 1.79. The molecule has 1 fully saturated rings. The molecular formula is C18H24N2O4. The number of nitrogens with zero attached hydrogens (tertiary/aromatic N) is 1. The topological polar surface area (TPSA) is 75.7 Å². The average molecular weight is 332 g/mol. The van der Waals surface area contributed by atoms with Crippen LogP contribution in [-0.2, 0) is 25.5 Å². The molecule has 1 heterocycles. The van der Waals surface area contributed by atoms with Gasteiger partial charge in [-0.05, 0) is 31.7 Å². The lowest BCUT2D eigenvalue weighted by Crippen LogP contribution is -2.49. The number of carbonyl (C=O) groups excluding carboxylic acids is 3. The van der Waals surface area contributed by atoms with Crippen LogP contribution < -0.4 is 5.32 Å². The van der Waals surface area contributed by atoms with Crippen molar-refractivity contribution >= 4 is 17.8 Å². The van der Waals surface area contributed by atoms with Crippen molar-refractivity contribution in [3.8, 4) is 0 Å². The van der Waals surface area contributed by atoms with E-state index in [0.29, 0.717) is 39.0 Å². The maximum Gasteiger partial charge on any atom is 0.311 e. The largest absolute Gasteiger partial charge is 0.466 e. The van der Waals surface area contributed by atoms with Gasteiger partial charge in [-0.2, -0.15) is 0 Å². The van der Waals surface area contributed by atoms with Gasteiger partial charge in [0.15, 0.2) is 0 Å². The summed E-state index contributed by atoms with van der Waals surface area (Å²) in [4.78, 5) is 37.5. The number of nitrogens with one attached hydrogen (secondary N) is 1. The monoisotopic (exact) mass is 332 g/mol. The first-order chi connectivity index (χ1) is 11.6. The molecule has 1 unspecified atom stereocenters. The van der Waals surface area contributed by atoms with Gasteiger partial charge in [-0.3, -0.25) is 14.4 Å². The van der Waals surface area contributed by atoms with E-state index < -0.39 is 11.8 Å². The van der Waals surface area contributed by atoms with Crippen molar-refractivity contribution in [3.05, 3.63) is 35.9 Å². The molecule has 1 aromatic rings. The summed E-state index contributed by atoms with van der Waals surface area (Å²) in [5.41, 5.74) is 1.10. The fourth-order valence-corrected chi connectivity index (χ4v) is 2.80. The maximum absolute atomic E-state index is 12.2. The minimum absolute atomic E-state index is 0.254. The first-order valence-corrected chi connectivity index (χ1v) is 8.39. The lowest BCUT2D eigenvalue weighted by atomic mass is 9.98. The van der Waals surface area contributed by atoms with Crippen molar-refractivity contribution in [2.24, 2.45) is 5.92 Å². The molecule has 2 amide bonds. The first kappa shape index (κ1) is 18.0. The van der Waals surface area contributed by atoms with Gasteiger partial charge in [0, 0.05) is 19.6 Å². The van der Waals surface area contributed by atoms with Crippen LogP contribution >= 0.6 is 0 Å². The second-order valence-corrected chi connectivity index (χ2v) is 5.83. The predicted octanol–water partition coefficient (Wildman–Crippen LogP) is 1.15. The molecule has 0 bridgehead atoms. The van der Waals surface area contributed by atoms with Crippen molar-refractivity contribution in [1.29, 1.82) is 0 Å². The van der Waals surface area contributed by atoms with Crippen LogP contribution in [0.5, 0.6) is 0 Å². The second kappa shape index (κ2) is 9.05. The van der Waals surface area contributed by atoms with Crippen LogP contribution in [0, 0.1) is 5.92 Å². The van der Waals surface area contributed by atoms with Crippen molar-refractivity contribution < 1.29 is 19.1 Å². The zero-order chi connectivity index (χ0) is 17.4. The van der Waals surface area contributed by atoms with Crippen LogP contribution in [0.2, 0.25) is 0 Å². The minimum Gasteiger partial charge on any atom is -0.466 e. The lowest BCUT2D eigenvalue weighted by molar-refractivity contribution is -0.154. The number of benzene rings is 1. The summed E-state index contributed by atoms with van der Waals surface area (Å²) in [6.45, 7) is 3.24. The highest BCUT2D eigenvalue weighted by Crippen LogP contribution is 2.18. The summed E-state index contributed by atoms with van der Waals surface area (Å²) in [6, 6.07) is 9.75. The molecule has 1 atom stereocenters. The van der Waals surface area contributed by atoms with Gasteiger partial charge in [0.05, 0.1) is 12.5 Å². The van der Waals surface area contributed by atoms with Crippen molar-refractivity contribution in [2.75, 3.05) is 26.2 Å². The van der Waals surface area contributed by atoms with Gasteiger partial charge >= 0.3 is 17.8 Å². The fraction of sp³-hybridized carbons (Fsp3) is 0.500. The highest BCUT2D eigenvalue weighted by molar-refractivity contribution is 6.35. The third-order valence-corrected chi connectivity index (χ3v) is 4.06. The molecule has 1 N–H and O–H groups in total. The number of hydrogen-bond donors (Lipinski definition) is 1. The summed E-state index contributed by atoms with van der Waals surface area (Å²) in [5.74, 6) is -1.81. The Kier molecular flexibility index (Phi) is 6.78. The van der Waals surface area contributed by atoms with Crippen molar-refractivity contribution in [1.82, 2.24) is 10.2 Å². The van der Waals surface area contributed by atoms with E-state index >= 15 is 0 Å². The summed E-state index contributed by atoms with van der Waals surface area (Å²) in [7, 11) is 0. The van der Waals surface area contributed by atoms with Crippen LogP contribution in [0.15, 0.2) is 30.3 Å². The van der Waals surface area contributed by atoms with E-state index in [1.165, 1.54) is 4.90 Å². The van der Waals surface area contributed by atoms with E-state index in [-0.39, 0.29) is 18.4 Å². The molecule has 1 saturated heterocycles. The number of esters is 1. The van der Waals surface area contributed by atoms with E-state index in [1.807, 2.05) is 30.3 Å². The molecular weight excluding hydrogens is 308 g/mol. The van der Waals surface area contributed by atoms with E-state index in [1.54, 1.807) is 6.92 Å². The van der Waals surface area contributed by atoms with Crippen LogP contribution in [0.25, 0.3) is 0 Å². The highest BCUT2D eigenvalue weighted by atomic mass is 16.5. The van der Waals surface area contributed by atoms with Crippen LogP contribution in [0.3, 0.4) is 0 Å². The number of likely N-dealkylation sites (tertiary alicyclic amines) is 1. The Morgan fingerprint density at radius 1 is 1.25 bits per heavy atom. The molecule has 0 saturated carbocycles. The van der Waals surface area contributed by atoms with E-state index in [2.05, 4.69) is 5.32 Å². The van der Waals surface area contributed by atoms with Gasteiger partial charge in [-0.25, -0.2) is 0 Å². The van der Waals surface area contributed by atoms with Gasteiger partial charge in [0.2, 0.25) is 0 Å². The van der Waals surface area contributed by atoms with Gasteiger partial charge in [0.1, 0.15) is 0 Å². The Hall–Kier alpha value is -2.37. The van der Waals surface area contributed by atoms with Crippen molar-refractivity contribution in [3.63, 3.8) is 0 Å². The van der Waals surface area contributed by atoms with Crippen LogP contribution in [0.1, 0.15) is 25.3 Å². The van der Waals surface area contributed by atoms with E-state index in [4.69, 9.17) is 4.74 Å². The molecule has 1 aliphatic heterocycles. The molecule has 6 heteroatoms. The first-order valence-electron chi connectivity index (χ1n) is 8.39. The quantitative estimate of drug-likeness (QED) is 0.648. The Morgan fingerprint density at radius 2 is 2.00 bits per heavy atom. The van der Waals surface area contributed by atoms with Gasteiger partial charge in [-0.1, -0.05) is 30.3 Å². The van der Waals surface area contributed by atoms with Crippen LogP contribution in [0.4, 0.5) is 0 Å². The molecule has 2 rings (SSSR count). The SMILES string of the molecule is CCOC(=O)C1CCCN(C(=O)C(=O)NCCc2ccccc2)C1. The lowest BCUT2D eigenvalue weighted by Gasteiger charge is -2.30. The molecule has 0 aliphatic carbocycles. The summed E-state index contributed by atoms with van der Waals surface area (Å²) < 4.78 is 5.01. The summed E-state index contributed by atoms with van der Waals surface area (Å²) in [5, 5.41) is 2.65. The smallest absolute Gasteiger partial charge is 0.311 e. The zero-order valence-corrected chi connectivity index (χ0v) is 14.0. The standard InChI is InChI=1S/C18H24N2O4/c1-2-24-18(23)15-9-6-12-20(13-15)17(22)16(21)19-11-10-14-7-4-3-5-8-14/h3-5,7-8,15H,2,6,9-13H2,1H3,(H,19,21). The molecule has 0 aromatic heterocycles. The highest BCUT2D eigenvalue weighted by Gasteiger charge is 2.31. The fourth-order valence-electron chi connectivity index (χ4n) is 2.80. The molecule has 1 aromatic carbocycles. The number of amides is 2.